The molecule has 0 radical (unpaired) electrons. The molecule has 0 aromatic carbocycles. The lowest BCUT2D eigenvalue weighted by molar-refractivity contribution is -0.133. The van der Waals surface area contributed by atoms with Gasteiger partial charge in [0.25, 0.3) is 0 Å². The normalized spacial score (nSPS) is 18.8. The highest BCUT2D eigenvalue weighted by Gasteiger charge is 2.23. The molecule has 1 fully saturated rings. The molecular weight excluding hydrogens is 361 g/mol. The van der Waals surface area contributed by atoms with Gasteiger partial charge in [0.15, 0.2) is 0 Å². The van der Waals surface area contributed by atoms with E-state index in [2.05, 4.69) is 43.3 Å². The van der Waals surface area contributed by atoms with Gasteiger partial charge in [0.2, 0.25) is 10.2 Å². The fourth-order valence-corrected chi connectivity index (χ4v) is 2.43. The molecule has 1 heterocycles. The monoisotopic (exact) mass is 384 g/mol. The van der Waals surface area contributed by atoms with Crippen LogP contribution in [0.25, 0.3) is 0 Å². The van der Waals surface area contributed by atoms with Gasteiger partial charge in [-0.15, -0.1) is 22.4 Å². The van der Waals surface area contributed by atoms with E-state index in [1.165, 1.54) is 0 Å². The quantitative estimate of drug-likeness (QED) is 0.424. The number of amides is 1. The van der Waals surface area contributed by atoms with Crippen LogP contribution in [0.3, 0.4) is 0 Å². The maximum atomic E-state index is 11.8. The van der Waals surface area contributed by atoms with E-state index in [1.807, 2.05) is 4.90 Å². The summed E-state index contributed by atoms with van der Waals surface area (Å²) in [6.07, 6.45) is 1.06. The Balaban J connectivity index is 2.26. The second kappa shape index (κ2) is 8.72. The maximum absolute atomic E-state index is 11.8. The minimum atomic E-state index is 0.106. The summed E-state index contributed by atoms with van der Waals surface area (Å²) in [5.74, 6) is 0.849. The Bertz CT molecular complexity index is 263. The Morgan fingerprint density at radius 1 is 1.44 bits per heavy atom. The van der Waals surface area contributed by atoms with Crippen LogP contribution in [-0.4, -0.2) is 64.4 Å². The first kappa shape index (κ1) is 16.7. The molecular formula is C11H23BIN2O2P. The molecule has 0 saturated carbocycles. The molecule has 1 aliphatic rings. The highest BCUT2D eigenvalue weighted by Crippen LogP contribution is 2.22. The molecule has 0 aromatic rings. The summed E-state index contributed by atoms with van der Waals surface area (Å²) in [6.45, 7) is 7.10. The molecule has 7 heteroatoms. The maximum Gasteiger partial charge on any atom is 0.243 e. The lowest BCUT2D eigenvalue weighted by Crippen LogP contribution is -2.49. The first-order valence-corrected chi connectivity index (χ1v) is 8.46. The van der Waals surface area contributed by atoms with Crippen LogP contribution in [0.1, 0.15) is 19.8 Å². The molecule has 0 bridgehead atoms. The Morgan fingerprint density at radius 3 is 2.56 bits per heavy atom. The van der Waals surface area contributed by atoms with Crippen LogP contribution in [0.4, 0.5) is 0 Å². The number of piperazine rings is 1. The van der Waals surface area contributed by atoms with Crippen molar-refractivity contribution >= 4 is 41.7 Å². The Morgan fingerprint density at radius 2 is 2.06 bits per heavy atom. The van der Waals surface area contributed by atoms with Gasteiger partial charge in [0, 0.05) is 39.2 Å². The fraction of sp³-hybridized carbons (Fsp3) is 0.909. The standard InChI is InChI=1S/C11H23BIN2O2P/c1-10(12(13)18)9-14-4-6-15(7-5-14)11(17)3-2-8-16/h10,16H,2-9,18H2,1H3. The number of nitrogens with zero attached hydrogens (tertiary/aromatic N) is 2. The van der Waals surface area contributed by atoms with E-state index in [9.17, 15) is 4.79 Å². The number of rotatable bonds is 6. The number of carbonyl (C=O) groups is 1. The number of aliphatic hydroxyl groups is 1. The van der Waals surface area contributed by atoms with Crippen molar-refractivity contribution in [3.05, 3.63) is 0 Å². The second-order valence-electron chi connectivity index (χ2n) is 4.93. The van der Waals surface area contributed by atoms with Crippen LogP contribution < -0.4 is 0 Å². The third-order valence-corrected chi connectivity index (χ3v) is 5.25. The van der Waals surface area contributed by atoms with Crippen LogP contribution in [0.5, 0.6) is 0 Å². The lowest BCUT2D eigenvalue weighted by Gasteiger charge is -2.36. The van der Waals surface area contributed by atoms with E-state index < -0.39 is 0 Å². The number of hydrogen-bond acceptors (Lipinski definition) is 3. The van der Waals surface area contributed by atoms with Gasteiger partial charge in [-0.05, 0) is 18.8 Å². The smallest absolute Gasteiger partial charge is 0.243 e. The zero-order valence-corrected chi connectivity index (χ0v) is 14.3. The van der Waals surface area contributed by atoms with E-state index in [1.54, 1.807) is 0 Å². The summed E-state index contributed by atoms with van der Waals surface area (Å²) >= 11 is 2.44. The van der Waals surface area contributed by atoms with Crippen molar-refractivity contribution in [2.75, 3.05) is 39.3 Å². The summed E-state index contributed by atoms with van der Waals surface area (Å²) in [4.78, 5) is 16.2. The number of aliphatic hydroxyl groups excluding tert-OH is 1. The predicted molar refractivity (Wildman–Crippen MR) is 88.2 cm³/mol. The van der Waals surface area contributed by atoms with Gasteiger partial charge in [-0.3, -0.25) is 4.79 Å². The van der Waals surface area contributed by atoms with Crippen molar-refractivity contribution in [3.8, 4) is 0 Å². The zero-order valence-electron chi connectivity index (χ0n) is 11.0. The van der Waals surface area contributed by atoms with E-state index in [0.717, 1.165) is 32.7 Å². The average molecular weight is 384 g/mol. The first-order valence-electron chi connectivity index (χ1n) is 6.55. The molecule has 2 unspecified atom stereocenters. The van der Waals surface area contributed by atoms with Crippen molar-refractivity contribution in [1.82, 2.24) is 9.80 Å². The predicted octanol–water partition coefficient (Wildman–Crippen LogP) is 1.09. The fourth-order valence-electron chi connectivity index (χ4n) is 2.08. The molecule has 1 aliphatic heterocycles. The number of halogens is 1. The third kappa shape index (κ3) is 5.72. The van der Waals surface area contributed by atoms with E-state index in [-0.39, 0.29) is 12.5 Å². The molecule has 1 N–H and O–H groups in total. The van der Waals surface area contributed by atoms with Crippen LogP contribution in [0, 0.1) is 0 Å². The molecule has 1 amide bonds. The van der Waals surface area contributed by atoms with Crippen molar-refractivity contribution in [2.45, 2.75) is 25.6 Å². The third-order valence-electron chi connectivity index (χ3n) is 3.36. The van der Waals surface area contributed by atoms with Crippen LogP contribution in [0.15, 0.2) is 0 Å². The largest absolute Gasteiger partial charge is 0.396 e. The van der Waals surface area contributed by atoms with Crippen LogP contribution >= 0.6 is 31.5 Å². The Hall–Kier alpha value is 0.615. The topological polar surface area (TPSA) is 43.8 Å². The van der Waals surface area contributed by atoms with Gasteiger partial charge in [-0.2, -0.15) is 9.12 Å². The van der Waals surface area contributed by atoms with Crippen molar-refractivity contribution in [3.63, 3.8) is 0 Å². The molecule has 104 valence electrons. The van der Waals surface area contributed by atoms with Crippen LogP contribution in [0.2, 0.25) is 5.82 Å². The molecule has 1 saturated heterocycles. The molecule has 2 atom stereocenters. The highest BCUT2D eigenvalue weighted by molar-refractivity contribution is 14.1. The molecule has 4 nitrogen and oxygen atoms in total. The van der Waals surface area contributed by atoms with E-state index >= 15 is 0 Å². The van der Waals surface area contributed by atoms with Crippen molar-refractivity contribution in [1.29, 1.82) is 0 Å². The van der Waals surface area contributed by atoms with Crippen molar-refractivity contribution in [2.24, 2.45) is 0 Å². The number of hydrogen-bond donors (Lipinski definition) is 1. The summed E-state index contributed by atoms with van der Waals surface area (Å²) in [5.41, 5.74) is 0. The Labute approximate surface area is 126 Å². The van der Waals surface area contributed by atoms with Crippen molar-refractivity contribution < 1.29 is 9.90 Å². The first-order chi connectivity index (χ1) is 8.54. The van der Waals surface area contributed by atoms with Gasteiger partial charge < -0.3 is 14.9 Å². The molecule has 0 aromatic heterocycles. The summed E-state index contributed by atoms with van der Waals surface area (Å²) in [5, 5.41) is 8.73. The van der Waals surface area contributed by atoms with E-state index in [0.29, 0.717) is 22.9 Å². The summed E-state index contributed by atoms with van der Waals surface area (Å²) < 4.78 is 0.604. The van der Waals surface area contributed by atoms with Gasteiger partial charge in [0.1, 0.15) is 0 Å². The van der Waals surface area contributed by atoms with Crippen LogP contribution in [-0.2, 0) is 4.79 Å². The van der Waals surface area contributed by atoms with Gasteiger partial charge in [-0.1, -0.05) is 6.92 Å². The molecule has 18 heavy (non-hydrogen) atoms. The minimum Gasteiger partial charge on any atom is -0.396 e. The van der Waals surface area contributed by atoms with Gasteiger partial charge >= 0.3 is 0 Å². The van der Waals surface area contributed by atoms with E-state index in [4.69, 9.17) is 5.11 Å². The summed E-state index contributed by atoms with van der Waals surface area (Å²) in [6, 6.07) is 0. The van der Waals surface area contributed by atoms with Gasteiger partial charge in [0.05, 0.1) is 0 Å². The minimum absolute atomic E-state index is 0.106. The zero-order chi connectivity index (χ0) is 13.5. The SMILES string of the molecule is CC(CN1CCN(C(=O)CCCO)CC1)B(P)I. The average Bonchev–Trinajstić information content (AvgIpc) is 2.36. The highest BCUT2D eigenvalue weighted by atomic mass is 127. The number of carbonyl (C=O) groups excluding carboxylic acids is 1. The second-order valence-corrected chi connectivity index (χ2v) is 8.44. The van der Waals surface area contributed by atoms with Gasteiger partial charge in [-0.25, -0.2) is 0 Å². The lowest BCUT2D eigenvalue weighted by atomic mass is 9.87. The molecule has 0 spiro atoms. The summed E-state index contributed by atoms with van der Waals surface area (Å²) in [7, 11) is 2.85. The molecule has 0 aliphatic carbocycles. The Kier molecular flexibility index (Phi) is 8.07. The molecule has 1 rings (SSSR count).